The number of hydrogen-bond donors (Lipinski definition) is 1. The van der Waals surface area contributed by atoms with Crippen LogP contribution in [0, 0.1) is 6.92 Å². The van der Waals surface area contributed by atoms with Crippen LogP contribution in [-0.4, -0.2) is 28.8 Å². The molecular weight excluding hydrogens is 355 g/mol. The first-order valence-corrected chi connectivity index (χ1v) is 8.52. The number of ether oxygens (including phenoxy) is 1. The highest BCUT2D eigenvalue weighted by atomic mass is 32.2. The first-order chi connectivity index (χ1) is 11.8. The number of halogens is 3. The summed E-state index contributed by atoms with van der Waals surface area (Å²) in [4.78, 5) is 20.6. The summed E-state index contributed by atoms with van der Waals surface area (Å²) in [5, 5.41) is 3.16. The lowest BCUT2D eigenvalue weighted by Crippen LogP contribution is -2.14. The number of alkyl halides is 3. The van der Waals surface area contributed by atoms with E-state index in [2.05, 4.69) is 15.3 Å². The smallest absolute Gasteiger partial charge is 0.416 e. The van der Waals surface area contributed by atoms with Crippen molar-refractivity contribution in [3.63, 3.8) is 0 Å². The van der Waals surface area contributed by atoms with Crippen LogP contribution < -0.4 is 5.32 Å². The van der Waals surface area contributed by atoms with Gasteiger partial charge in [0.15, 0.2) is 5.16 Å². The van der Waals surface area contributed by atoms with Crippen LogP contribution in [0.15, 0.2) is 29.4 Å². The molecule has 1 N–H and O–H groups in total. The molecule has 25 heavy (non-hydrogen) atoms. The van der Waals surface area contributed by atoms with Crippen molar-refractivity contribution in [1.82, 2.24) is 9.97 Å². The van der Waals surface area contributed by atoms with E-state index in [-0.39, 0.29) is 23.7 Å². The minimum atomic E-state index is -4.46. The fraction of sp³-hybridized carbons (Fsp3) is 0.312. The molecule has 134 valence electrons. The molecule has 1 aromatic carbocycles. The normalized spacial score (nSPS) is 11.3. The van der Waals surface area contributed by atoms with E-state index in [9.17, 15) is 18.0 Å². The Bertz CT molecular complexity index is 782. The van der Waals surface area contributed by atoms with Gasteiger partial charge in [0.2, 0.25) is 0 Å². The van der Waals surface area contributed by atoms with Gasteiger partial charge in [-0.05, 0) is 38.3 Å². The SMILES string of the molecule is CCOC(=O)c1c(C)nc(SC)nc1Nc1cccc(C(F)(F)F)c1. The molecule has 0 saturated heterocycles. The van der Waals surface area contributed by atoms with Gasteiger partial charge in [0, 0.05) is 5.69 Å². The largest absolute Gasteiger partial charge is 0.462 e. The van der Waals surface area contributed by atoms with E-state index in [4.69, 9.17) is 4.74 Å². The predicted molar refractivity (Wildman–Crippen MR) is 89.2 cm³/mol. The fourth-order valence-electron chi connectivity index (χ4n) is 2.09. The summed E-state index contributed by atoms with van der Waals surface area (Å²) in [6, 6.07) is 4.65. The molecule has 0 radical (unpaired) electrons. The van der Waals surface area contributed by atoms with Gasteiger partial charge in [-0.3, -0.25) is 0 Å². The summed E-state index contributed by atoms with van der Waals surface area (Å²) < 4.78 is 43.6. The van der Waals surface area contributed by atoms with E-state index in [0.717, 1.165) is 12.1 Å². The van der Waals surface area contributed by atoms with Crippen LogP contribution in [0.5, 0.6) is 0 Å². The van der Waals surface area contributed by atoms with Crippen molar-refractivity contribution in [3.05, 3.63) is 41.1 Å². The van der Waals surface area contributed by atoms with Crippen molar-refractivity contribution < 1.29 is 22.7 Å². The molecular formula is C16H16F3N3O2S. The van der Waals surface area contributed by atoms with Gasteiger partial charge >= 0.3 is 12.1 Å². The second-order valence-electron chi connectivity index (χ2n) is 4.94. The van der Waals surface area contributed by atoms with Gasteiger partial charge in [-0.1, -0.05) is 17.8 Å². The van der Waals surface area contributed by atoms with Crippen LogP contribution in [0.2, 0.25) is 0 Å². The number of carbonyl (C=O) groups excluding carboxylic acids is 1. The average molecular weight is 371 g/mol. The predicted octanol–water partition coefficient (Wildman–Crippen LogP) is 4.45. The Morgan fingerprint density at radius 1 is 1.32 bits per heavy atom. The molecule has 0 spiro atoms. The maximum Gasteiger partial charge on any atom is 0.416 e. The van der Waals surface area contributed by atoms with Gasteiger partial charge in [-0.15, -0.1) is 0 Å². The quantitative estimate of drug-likeness (QED) is 0.476. The molecule has 0 atom stereocenters. The molecule has 0 bridgehead atoms. The number of benzene rings is 1. The molecule has 0 aliphatic heterocycles. The number of thioether (sulfide) groups is 1. The Hall–Kier alpha value is -2.29. The van der Waals surface area contributed by atoms with E-state index >= 15 is 0 Å². The zero-order valence-electron chi connectivity index (χ0n) is 13.8. The number of anilines is 2. The maximum absolute atomic E-state index is 12.9. The number of aromatic nitrogens is 2. The third kappa shape index (κ3) is 4.62. The zero-order valence-corrected chi connectivity index (χ0v) is 14.6. The van der Waals surface area contributed by atoms with Crippen molar-refractivity contribution >= 4 is 29.2 Å². The van der Waals surface area contributed by atoms with Crippen molar-refractivity contribution in [3.8, 4) is 0 Å². The minimum Gasteiger partial charge on any atom is -0.462 e. The monoisotopic (exact) mass is 371 g/mol. The molecule has 0 amide bonds. The molecule has 2 aromatic rings. The highest BCUT2D eigenvalue weighted by Crippen LogP contribution is 2.32. The molecule has 0 unspecified atom stereocenters. The highest BCUT2D eigenvalue weighted by Gasteiger charge is 2.30. The molecule has 0 aliphatic carbocycles. The summed E-state index contributed by atoms with van der Waals surface area (Å²) >= 11 is 1.25. The number of nitrogens with one attached hydrogen (secondary N) is 1. The zero-order chi connectivity index (χ0) is 18.6. The number of nitrogens with zero attached hydrogens (tertiary/aromatic N) is 2. The third-order valence-corrected chi connectivity index (χ3v) is 3.73. The van der Waals surface area contributed by atoms with Gasteiger partial charge in [0.25, 0.3) is 0 Å². The number of carbonyl (C=O) groups is 1. The van der Waals surface area contributed by atoms with Gasteiger partial charge < -0.3 is 10.1 Å². The van der Waals surface area contributed by atoms with E-state index in [1.165, 1.54) is 23.9 Å². The van der Waals surface area contributed by atoms with E-state index in [1.54, 1.807) is 20.1 Å². The van der Waals surface area contributed by atoms with Crippen LogP contribution in [0.25, 0.3) is 0 Å². The van der Waals surface area contributed by atoms with Crippen molar-refractivity contribution in [2.45, 2.75) is 25.2 Å². The maximum atomic E-state index is 12.9. The van der Waals surface area contributed by atoms with Crippen molar-refractivity contribution in [2.75, 3.05) is 18.2 Å². The van der Waals surface area contributed by atoms with Gasteiger partial charge in [-0.25, -0.2) is 14.8 Å². The van der Waals surface area contributed by atoms with Crippen LogP contribution in [0.4, 0.5) is 24.7 Å². The first kappa shape index (κ1) is 19.0. The summed E-state index contributed by atoms with van der Waals surface area (Å²) in [5.74, 6) is -0.531. The fourth-order valence-corrected chi connectivity index (χ4v) is 2.50. The van der Waals surface area contributed by atoms with Crippen molar-refractivity contribution in [2.24, 2.45) is 0 Å². The number of rotatable bonds is 5. The minimum absolute atomic E-state index is 0.0945. The molecule has 2 rings (SSSR count). The Labute approximate surface area is 147 Å². The highest BCUT2D eigenvalue weighted by molar-refractivity contribution is 7.98. The van der Waals surface area contributed by atoms with E-state index in [0.29, 0.717) is 10.9 Å². The van der Waals surface area contributed by atoms with Crippen LogP contribution >= 0.6 is 11.8 Å². The van der Waals surface area contributed by atoms with Gasteiger partial charge in [-0.2, -0.15) is 13.2 Å². The van der Waals surface area contributed by atoms with Crippen LogP contribution in [-0.2, 0) is 10.9 Å². The van der Waals surface area contributed by atoms with E-state index in [1.807, 2.05) is 0 Å². The third-order valence-electron chi connectivity index (χ3n) is 3.18. The lowest BCUT2D eigenvalue weighted by Gasteiger charge is -2.14. The van der Waals surface area contributed by atoms with Gasteiger partial charge in [0.1, 0.15) is 11.4 Å². The second kappa shape index (κ2) is 7.73. The average Bonchev–Trinajstić information content (AvgIpc) is 2.54. The molecule has 9 heteroatoms. The molecule has 5 nitrogen and oxygen atoms in total. The van der Waals surface area contributed by atoms with Crippen LogP contribution in [0.1, 0.15) is 28.5 Å². The second-order valence-corrected chi connectivity index (χ2v) is 5.72. The topological polar surface area (TPSA) is 64.1 Å². The number of aryl methyl sites for hydroxylation is 1. The standard InChI is InChI=1S/C16H16F3N3O2S/c1-4-24-14(23)12-9(2)20-15(25-3)22-13(12)21-11-7-5-6-10(8-11)16(17,18)19/h5-8H,4H2,1-3H3,(H,20,21,22). The number of hydrogen-bond acceptors (Lipinski definition) is 6. The van der Waals surface area contributed by atoms with Crippen molar-refractivity contribution in [1.29, 1.82) is 0 Å². The Balaban J connectivity index is 2.47. The first-order valence-electron chi connectivity index (χ1n) is 7.30. The van der Waals surface area contributed by atoms with Gasteiger partial charge in [0.05, 0.1) is 17.9 Å². The molecule has 1 heterocycles. The molecule has 0 fully saturated rings. The summed E-state index contributed by atoms with van der Waals surface area (Å²) in [6.45, 7) is 3.43. The lowest BCUT2D eigenvalue weighted by atomic mass is 10.1. The van der Waals surface area contributed by atoms with Crippen LogP contribution in [0.3, 0.4) is 0 Å². The summed E-state index contributed by atoms with van der Waals surface area (Å²) in [5.41, 5.74) is -0.166. The molecule has 0 aliphatic rings. The Morgan fingerprint density at radius 2 is 2.04 bits per heavy atom. The van der Waals surface area contributed by atoms with E-state index < -0.39 is 17.7 Å². The molecule has 0 saturated carbocycles. The Morgan fingerprint density at radius 3 is 2.64 bits per heavy atom. The number of esters is 1. The Kier molecular flexibility index (Phi) is 5.89. The summed E-state index contributed by atoms with van der Waals surface area (Å²) in [7, 11) is 0. The molecule has 1 aromatic heterocycles. The lowest BCUT2D eigenvalue weighted by molar-refractivity contribution is -0.137. The summed E-state index contributed by atoms with van der Waals surface area (Å²) in [6.07, 6.45) is -2.71.